The van der Waals surface area contributed by atoms with Crippen LogP contribution in [0.1, 0.15) is 12.0 Å². The highest BCUT2D eigenvalue weighted by atomic mass is 79.9. The topological polar surface area (TPSA) is 75.7 Å². The number of nitrogens with zero attached hydrogens (tertiary/aromatic N) is 1. The predicted octanol–water partition coefficient (Wildman–Crippen LogP) is 3.40. The fourth-order valence-electron chi connectivity index (χ4n) is 3.01. The minimum Gasteiger partial charge on any atom is -0.378 e. The standard InChI is InChI=1S/C20H23BrN2O4S/c1-15-14-17(23-9-11-27-12-10-23)4-7-19(15)22-20(24)8-13-28(25,26)18-5-2-16(21)3-6-18/h2-7,14H,8-13H2,1H3,(H,22,24). The molecule has 8 heteroatoms. The molecule has 0 spiro atoms. The molecule has 0 atom stereocenters. The van der Waals surface area contributed by atoms with Crippen molar-refractivity contribution in [1.82, 2.24) is 0 Å². The molecule has 1 amide bonds. The van der Waals surface area contributed by atoms with Crippen molar-refractivity contribution in [2.24, 2.45) is 0 Å². The highest BCUT2D eigenvalue weighted by Gasteiger charge is 2.17. The number of hydrogen-bond acceptors (Lipinski definition) is 5. The van der Waals surface area contributed by atoms with E-state index >= 15 is 0 Å². The first kappa shape index (κ1) is 20.8. The number of carbonyl (C=O) groups excluding carboxylic acids is 1. The molecular weight excluding hydrogens is 444 g/mol. The Labute approximate surface area is 173 Å². The number of amides is 1. The first-order valence-electron chi connectivity index (χ1n) is 9.07. The van der Waals surface area contributed by atoms with E-state index in [0.29, 0.717) is 18.9 Å². The fraction of sp³-hybridized carbons (Fsp3) is 0.350. The fourth-order valence-corrected chi connectivity index (χ4v) is 4.51. The predicted molar refractivity (Wildman–Crippen MR) is 114 cm³/mol. The average Bonchev–Trinajstić information content (AvgIpc) is 2.69. The van der Waals surface area contributed by atoms with Crippen LogP contribution in [0.15, 0.2) is 51.8 Å². The van der Waals surface area contributed by atoms with Crippen LogP contribution in [0.4, 0.5) is 11.4 Å². The van der Waals surface area contributed by atoms with Crippen LogP contribution in [0.25, 0.3) is 0 Å². The van der Waals surface area contributed by atoms with Crippen molar-refractivity contribution in [3.8, 4) is 0 Å². The monoisotopic (exact) mass is 466 g/mol. The number of aryl methyl sites for hydroxylation is 1. The molecule has 3 rings (SSSR count). The molecule has 150 valence electrons. The van der Waals surface area contributed by atoms with Crippen LogP contribution in [-0.4, -0.2) is 46.4 Å². The summed E-state index contributed by atoms with van der Waals surface area (Å²) in [6.07, 6.45) is -0.0942. The van der Waals surface area contributed by atoms with E-state index in [1.807, 2.05) is 25.1 Å². The van der Waals surface area contributed by atoms with Gasteiger partial charge in [-0.25, -0.2) is 8.42 Å². The van der Waals surface area contributed by atoms with Gasteiger partial charge in [-0.05, 0) is 55.0 Å². The lowest BCUT2D eigenvalue weighted by molar-refractivity contribution is -0.115. The number of benzene rings is 2. The van der Waals surface area contributed by atoms with E-state index in [-0.39, 0.29) is 23.0 Å². The maximum absolute atomic E-state index is 12.4. The van der Waals surface area contributed by atoms with Gasteiger partial charge in [0.05, 0.1) is 23.9 Å². The molecule has 2 aromatic carbocycles. The average molecular weight is 467 g/mol. The third kappa shape index (κ3) is 5.33. The lowest BCUT2D eigenvalue weighted by atomic mass is 10.1. The summed E-state index contributed by atoms with van der Waals surface area (Å²) >= 11 is 3.28. The Morgan fingerprint density at radius 1 is 1.14 bits per heavy atom. The number of nitrogens with one attached hydrogen (secondary N) is 1. The Balaban J connectivity index is 1.59. The summed E-state index contributed by atoms with van der Waals surface area (Å²) in [5.41, 5.74) is 2.73. The van der Waals surface area contributed by atoms with Crippen LogP contribution in [-0.2, 0) is 19.4 Å². The van der Waals surface area contributed by atoms with Crippen LogP contribution in [0, 0.1) is 6.92 Å². The molecule has 1 aliphatic rings. The van der Waals surface area contributed by atoms with E-state index in [0.717, 1.165) is 28.8 Å². The van der Waals surface area contributed by atoms with Gasteiger partial charge in [-0.1, -0.05) is 15.9 Å². The summed E-state index contributed by atoms with van der Waals surface area (Å²) in [7, 11) is -3.50. The Hall–Kier alpha value is -1.90. The largest absolute Gasteiger partial charge is 0.378 e. The Morgan fingerprint density at radius 3 is 2.46 bits per heavy atom. The van der Waals surface area contributed by atoms with Gasteiger partial charge in [-0.2, -0.15) is 0 Å². The molecule has 6 nitrogen and oxygen atoms in total. The number of carbonyl (C=O) groups is 1. The second kappa shape index (κ2) is 9.07. The van der Waals surface area contributed by atoms with Crippen molar-refractivity contribution in [2.75, 3.05) is 42.3 Å². The lowest BCUT2D eigenvalue weighted by Crippen LogP contribution is -2.36. The number of ether oxygens (including phenoxy) is 1. The summed E-state index contributed by atoms with van der Waals surface area (Å²) in [4.78, 5) is 14.7. The van der Waals surface area contributed by atoms with Crippen molar-refractivity contribution < 1.29 is 17.9 Å². The minimum absolute atomic E-state index is 0.0942. The van der Waals surface area contributed by atoms with Crippen molar-refractivity contribution in [3.63, 3.8) is 0 Å². The summed E-state index contributed by atoms with van der Waals surface area (Å²) in [5.74, 6) is -0.548. The molecule has 0 radical (unpaired) electrons. The number of sulfone groups is 1. The third-order valence-electron chi connectivity index (χ3n) is 4.63. The van der Waals surface area contributed by atoms with E-state index in [1.165, 1.54) is 12.1 Å². The molecule has 1 fully saturated rings. The number of halogens is 1. The van der Waals surface area contributed by atoms with Crippen LogP contribution in [0.5, 0.6) is 0 Å². The summed E-state index contributed by atoms with van der Waals surface area (Å²) in [6, 6.07) is 12.3. The van der Waals surface area contributed by atoms with Gasteiger partial charge in [-0.3, -0.25) is 4.79 Å². The van der Waals surface area contributed by atoms with Crippen molar-refractivity contribution in [3.05, 3.63) is 52.5 Å². The van der Waals surface area contributed by atoms with Gasteiger partial charge in [0.1, 0.15) is 0 Å². The van der Waals surface area contributed by atoms with Crippen molar-refractivity contribution in [1.29, 1.82) is 0 Å². The molecule has 0 aliphatic carbocycles. The molecule has 0 unspecified atom stereocenters. The summed E-state index contributed by atoms with van der Waals surface area (Å²) < 4.78 is 30.9. The second-order valence-electron chi connectivity index (χ2n) is 6.67. The van der Waals surface area contributed by atoms with Gasteiger partial charge >= 0.3 is 0 Å². The molecule has 1 heterocycles. The van der Waals surface area contributed by atoms with Gasteiger partial charge in [0.15, 0.2) is 9.84 Å². The van der Waals surface area contributed by atoms with Gasteiger partial charge in [0, 0.05) is 35.4 Å². The summed E-state index contributed by atoms with van der Waals surface area (Å²) in [6.45, 7) is 5.05. The van der Waals surface area contributed by atoms with E-state index in [9.17, 15) is 13.2 Å². The molecule has 0 aromatic heterocycles. The summed E-state index contributed by atoms with van der Waals surface area (Å²) in [5, 5.41) is 2.82. The van der Waals surface area contributed by atoms with E-state index in [2.05, 4.69) is 26.1 Å². The highest BCUT2D eigenvalue weighted by Crippen LogP contribution is 2.24. The Morgan fingerprint density at radius 2 is 1.82 bits per heavy atom. The van der Waals surface area contributed by atoms with Gasteiger partial charge in [0.2, 0.25) is 5.91 Å². The number of anilines is 2. The maximum atomic E-state index is 12.4. The molecule has 1 saturated heterocycles. The SMILES string of the molecule is Cc1cc(N2CCOCC2)ccc1NC(=O)CCS(=O)(=O)c1ccc(Br)cc1. The Bertz CT molecular complexity index is 939. The highest BCUT2D eigenvalue weighted by molar-refractivity contribution is 9.10. The van der Waals surface area contributed by atoms with Gasteiger partial charge in [0.25, 0.3) is 0 Å². The van der Waals surface area contributed by atoms with E-state index < -0.39 is 9.84 Å². The third-order valence-corrected chi connectivity index (χ3v) is 6.89. The molecule has 2 aromatic rings. The molecule has 28 heavy (non-hydrogen) atoms. The molecule has 1 aliphatic heterocycles. The maximum Gasteiger partial charge on any atom is 0.225 e. The number of hydrogen-bond donors (Lipinski definition) is 1. The van der Waals surface area contributed by atoms with Crippen LogP contribution in [0.3, 0.4) is 0 Å². The smallest absolute Gasteiger partial charge is 0.225 e. The molecule has 1 N–H and O–H groups in total. The zero-order valence-electron chi connectivity index (χ0n) is 15.7. The first-order valence-corrected chi connectivity index (χ1v) is 11.5. The van der Waals surface area contributed by atoms with E-state index in [4.69, 9.17) is 4.74 Å². The van der Waals surface area contributed by atoms with Gasteiger partial charge in [-0.15, -0.1) is 0 Å². The molecule has 0 saturated carbocycles. The van der Waals surface area contributed by atoms with E-state index in [1.54, 1.807) is 12.1 Å². The number of rotatable bonds is 6. The normalized spacial score (nSPS) is 14.7. The second-order valence-corrected chi connectivity index (χ2v) is 9.69. The van der Waals surface area contributed by atoms with Crippen LogP contribution < -0.4 is 10.2 Å². The zero-order valence-corrected chi connectivity index (χ0v) is 18.1. The Kier molecular flexibility index (Phi) is 6.74. The lowest BCUT2D eigenvalue weighted by Gasteiger charge is -2.29. The van der Waals surface area contributed by atoms with Crippen molar-refractivity contribution in [2.45, 2.75) is 18.2 Å². The number of morpholine rings is 1. The molecule has 0 bridgehead atoms. The van der Waals surface area contributed by atoms with Crippen molar-refractivity contribution >= 4 is 43.0 Å². The zero-order chi connectivity index (χ0) is 20.1. The quantitative estimate of drug-likeness (QED) is 0.705. The van der Waals surface area contributed by atoms with Crippen LogP contribution >= 0.6 is 15.9 Å². The minimum atomic E-state index is -3.50. The van der Waals surface area contributed by atoms with Crippen LogP contribution in [0.2, 0.25) is 0 Å². The van der Waals surface area contributed by atoms with Gasteiger partial charge < -0.3 is 15.0 Å². The first-order chi connectivity index (χ1) is 13.3. The molecular formula is C20H23BrN2O4S.